The summed E-state index contributed by atoms with van der Waals surface area (Å²) in [6, 6.07) is 0.0932. The van der Waals surface area contributed by atoms with Crippen molar-refractivity contribution in [2.75, 3.05) is 11.6 Å². The van der Waals surface area contributed by atoms with Crippen LogP contribution in [0.15, 0.2) is 11.4 Å². The van der Waals surface area contributed by atoms with Crippen molar-refractivity contribution in [3.05, 3.63) is 11.8 Å². The van der Waals surface area contributed by atoms with Gasteiger partial charge in [-0.1, -0.05) is 24.6 Å². The molecule has 1 aliphatic rings. The molecule has 0 amide bonds. The topological polar surface area (TPSA) is 37.8 Å². The normalized spacial score (nSPS) is 17.1. The Kier molecular flexibility index (Phi) is 3.99. The first-order valence-corrected chi connectivity index (χ1v) is 6.98. The fourth-order valence-electron chi connectivity index (χ4n) is 2.04. The number of halogens is 3. The molecular formula is C11H14F3N3S. The molecule has 1 saturated carbocycles. The lowest BCUT2D eigenvalue weighted by molar-refractivity contribution is -0.137. The summed E-state index contributed by atoms with van der Waals surface area (Å²) >= 11 is 1.23. The molecule has 3 nitrogen and oxygen atoms in total. The van der Waals surface area contributed by atoms with E-state index in [0.29, 0.717) is 5.16 Å². The molecule has 1 heterocycles. The van der Waals surface area contributed by atoms with Gasteiger partial charge in [0, 0.05) is 12.2 Å². The standard InChI is InChI=1S/C11H14F3N3S/c1-18-10-15-6-8(11(12,13)14)9(17-10)16-7-4-2-3-5-7/h6-7H,2-5H2,1H3,(H,15,16,17). The predicted molar refractivity (Wildman–Crippen MR) is 64.7 cm³/mol. The summed E-state index contributed by atoms with van der Waals surface area (Å²) in [5, 5.41) is 3.26. The van der Waals surface area contributed by atoms with Crippen LogP contribution in [-0.2, 0) is 6.18 Å². The molecule has 1 fully saturated rings. The van der Waals surface area contributed by atoms with Crippen LogP contribution in [0.5, 0.6) is 0 Å². The number of alkyl halides is 3. The average Bonchev–Trinajstić information content (AvgIpc) is 2.80. The van der Waals surface area contributed by atoms with Crippen LogP contribution in [0.2, 0.25) is 0 Å². The third kappa shape index (κ3) is 3.07. The molecule has 1 aromatic heterocycles. The fraction of sp³-hybridized carbons (Fsp3) is 0.636. The van der Waals surface area contributed by atoms with Crippen LogP contribution >= 0.6 is 11.8 Å². The van der Waals surface area contributed by atoms with Gasteiger partial charge in [0.25, 0.3) is 0 Å². The number of hydrogen-bond acceptors (Lipinski definition) is 4. The minimum Gasteiger partial charge on any atom is -0.367 e. The number of anilines is 1. The molecular weight excluding hydrogens is 263 g/mol. The molecule has 100 valence electrons. The van der Waals surface area contributed by atoms with Gasteiger partial charge in [-0.15, -0.1) is 0 Å². The van der Waals surface area contributed by atoms with Crippen LogP contribution in [0, 0.1) is 0 Å². The zero-order valence-corrected chi connectivity index (χ0v) is 10.7. The van der Waals surface area contributed by atoms with E-state index in [0.717, 1.165) is 31.9 Å². The third-order valence-corrected chi connectivity index (χ3v) is 3.51. The van der Waals surface area contributed by atoms with Crippen LogP contribution < -0.4 is 5.32 Å². The molecule has 0 aromatic carbocycles. The summed E-state index contributed by atoms with van der Waals surface area (Å²) in [7, 11) is 0. The second-order valence-corrected chi connectivity index (χ2v) is 5.02. The summed E-state index contributed by atoms with van der Waals surface area (Å²) in [4.78, 5) is 7.63. The Morgan fingerprint density at radius 3 is 2.56 bits per heavy atom. The van der Waals surface area contributed by atoms with Crippen LogP contribution in [0.1, 0.15) is 31.2 Å². The van der Waals surface area contributed by atoms with E-state index < -0.39 is 11.7 Å². The molecule has 1 aromatic rings. The Bertz CT molecular complexity index is 416. The highest BCUT2D eigenvalue weighted by molar-refractivity contribution is 7.98. The monoisotopic (exact) mass is 277 g/mol. The summed E-state index contributed by atoms with van der Waals surface area (Å²) < 4.78 is 38.5. The largest absolute Gasteiger partial charge is 0.421 e. The molecule has 0 radical (unpaired) electrons. The van der Waals surface area contributed by atoms with E-state index in [9.17, 15) is 13.2 Å². The van der Waals surface area contributed by atoms with Gasteiger partial charge < -0.3 is 5.32 Å². The Morgan fingerprint density at radius 2 is 2.00 bits per heavy atom. The van der Waals surface area contributed by atoms with E-state index in [1.165, 1.54) is 11.8 Å². The lowest BCUT2D eigenvalue weighted by Crippen LogP contribution is -2.20. The number of rotatable bonds is 3. The number of nitrogens with zero attached hydrogens (tertiary/aromatic N) is 2. The minimum absolute atomic E-state index is 0.0891. The van der Waals surface area contributed by atoms with E-state index in [1.807, 2.05) is 0 Å². The average molecular weight is 277 g/mol. The maximum atomic E-state index is 12.8. The van der Waals surface area contributed by atoms with Crippen LogP contribution in [0.4, 0.5) is 19.0 Å². The summed E-state index contributed by atoms with van der Waals surface area (Å²) in [6.07, 6.45) is 2.08. The number of hydrogen-bond donors (Lipinski definition) is 1. The fourth-order valence-corrected chi connectivity index (χ4v) is 2.39. The van der Waals surface area contributed by atoms with Crippen molar-refractivity contribution >= 4 is 17.6 Å². The van der Waals surface area contributed by atoms with Crippen LogP contribution in [0.25, 0.3) is 0 Å². The van der Waals surface area contributed by atoms with Gasteiger partial charge in [0.05, 0.1) is 0 Å². The van der Waals surface area contributed by atoms with Gasteiger partial charge in [0.15, 0.2) is 5.16 Å². The number of thioether (sulfide) groups is 1. The van der Waals surface area contributed by atoms with Gasteiger partial charge >= 0.3 is 6.18 Å². The smallest absolute Gasteiger partial charge is 0.367 e. The Balaban J connectivity index is 2.28. The van der Waals surface area contributed by atoms with Gasteiger partial charge in [-0.3, -0.25) is 0 Å². The molecule has 2 rings (SSSR count). The van der Waals surface area contributed by atoms with Crippen molar-refractivity contribution in [3.63, 3.8) is 0 Å². The van der Waals surface area contributed by atoms with E-state index in [2.05, 4.69) is 15.3 Å². The van der Waals surface area contributed by atoms with E-state index in [4.69, 9.17) is 0 Å². The minimum atomic E-state index is -4.42. The highest BCUT2D eigenvalue weighted by Crippen LogP contribution is 2.35. The second-order valence-electron chi connectivity index (χ2n) is 4.24. The molecule has 0 unspecified atom stereocenters. The lowest BCUT2D eigenvalue weighted by atomic mass is 10.2. The molecule has 7 heteroatoms. The van der Waals surface area contributed by atoms with Crippen molar-refractivity contribution in [1.82, 2.24) is 9.97 Å². The zero-order valence-electron chi connectivity index (χ0n) is 9.92. The maximum Gasteiger partial charge on any atom is 0.421 e. The van der Waals surface area contributed by atoms with E-state index in [1.54, 1.807) is 6.26 Å². The molecule has 0 atom stereocenters. The first kappa shape index (κ1) is 13.5. The third-order valence-electron chi connectivity index (χ3n) is 2.95. The molecule has 1 aliphatic carbocycles. The molecule has 0 aliphatic heterocycles. The summed E-state index contributed by atoms with van der Waals surface area (Å²) in [6.45, 7) is 0. The van der Waals surface area contributed by atoms with Gasteiger partial charge in [-0.05, 0) is 19.1 Å². The second kappa shape index (κ2) is 5.34. The zero-order chi connectivity index (χ0) is 13.2. The Morgan fingerprint density at radius 1 is 1.33 bits per heavy atom. The molecule has 0 bridgehead atoms. The van der Waals surface area contributed by atoms with Crippen molar-refractivity contribution < 1.29 is 13.2 Å². The quantitative estimate of drug-likeness (QED) is 0.677. The molecule has 1 N–H and O–H groups in total. The number of aromatic nitrogens is 2. The first-order valence-electron chi connectivity index (χ1n) is 5.75. The van der Waals surface area contributed by atoms with Crippen molar-refractivity contribution in [1.29, 1.82) is 0 Å². The van der Waals surface area contributed by atoms with Crippen LogP contribution in [0.3, 0.4) is 0 Å². The highest BCUT2D eigenvalue weighted by Gasteiger charge is 2.36. The maximum absolute atomic E-state index is 12.8. The Labute approximate surface area is 108 Å². The van der Waals surface area contributed by atoms with Gasteiger partial charge in [-0.2, -0.15) is 13.2 Å². The van der Waals surface area contributed by atoms with Crippen LogP contribution in [-0.4, -0.2) is 22.3 Å². The van der Waals surface area contributed by atoms with Crippen molar-refractivity contribution in [2.45, 2.75) is 43.1 Å². The lowest BCUT2D eigenvalue weighted by Gasteiger charge is -2.17. The SMILES string of the molecule is CSc1ncc(C(F)(F)F)c(NC2CCCC2)n1. The van der Waals surface area contributed by atoms with E-state index in [-0.39, 0.29) is 11.9 Å². The molecule has 18 heavy (non-hydrogen) atoms. The highest BCUT2D eigenvalue weighted by atomic mass is 32.2. The Hall–Kier alpha value is -0.980. The van der Waals surface area contributed by atoms with Gasteiger partial charge in [-0.25, -0.2) is 9.97 Å². The van der Waals surface area contributed by atoms with E-state index >= 15 is 0 Å². The first-order chi connectivity index (χ1) is 8.50. The molecule has 0 saturated heterocycles. The van der Waals surface area contributed by atoms with Crippen molar-refractivity contribution in [3.8, 4) is 0 Å². The predicted octanol–water partition coefficient (Wildman–Crippen LogP) is 3.57. The van der Waals surface area contributed by atoms with Gasteiger partial charge in [0.2, 0.25) is 0 Å². The number of nitrogens with one attached hydrogen (secondary N) is 1. The van der Waals surface area contributed by atoms with Gasteiger partial charge in [0.1, 0.15) is 11.4 Å². The summed E-state index contributed by atoms with van der Waals surface area (Å²) in [5.74, 6) is -0.0891. The summed E-state index contributed by atoms with van der Waals surface area (Å²) in [5.41, 5.74) is -0.785. The molecule has 0 spiro atoms. The van der Waals surface area contributed by atoms with Crippen molar-refractivity contribution in [2.24, 2.45) is 0 Å².